The number of phenols is 2. The van der Waals surface area contributed by atoms with Crippen molar-refractivity contribution < 1.29 is 15.0 Å². The van der Waals surface area contributed by atoms with Crippen LogP contribution in [0, 0.1) is 0 Å². The number of rotatable bonds is 3. The third-order valence-electron chi connectivity index (χ3n) is 1.82. The molecule has 0 aliphatic rings. The number of carbonyl (C=O) groups excluding carboxylic acids is 1. The maximum absolute atomic E-state index is 11.2. The molecule has 1 aromatic rings. The SMILES string of the molecule is CCNC(=O)Cc1cccc(O)c1O. The maximum atomic E-state index is 11.2. The smallest absolute Gasteiger partial charge is 0.224 e. The Bertz CT molecular complexity index is 336. The molecule has 0 atom stereocenters. The van der Waals surface area contributed by atoms with Crippen LogP contribution in [-0.4, -0.2) is 22.7 Å². The van der Waals surface area contributed by atoms with E-state index in [0.717, 1.165) is 0 Å². The van der Waals surface area contributed by atoms with E-state index in [-0.39, 0.29) is 23.8 Å². The molecule has 0 heterocycles. The fourth-order valence-corrected chi connectivity index (χ4v) is 1.15. The summed E-state index contributed by atoms with van der Waals surface area (Å²) in [5.74, 6) is -0.598. The monoisotopic (exact) mass is 195 g/mol. The summed E-state index contributed by atoms with van der Waals surface area (Å²) in [7, 11) is 0. The van der Waals surface area contributed by atoms with Crippen LogP contribution in [0.5, 0.6) is 11.5 Å². The van der Waals surface area contributed by atoms with E-state index in [0.29, 0.717) is 12.1 Å². The maximum Gasteiger partial charge on any atom is 0.224 e. The molecule has 1 amide bonds. The summed E-state index contributed by atoms with van der Waals surface area (Å²) >= 11 is 0. The molecule has 1 rings (SSSR count). The predicted molar refractivity (Wildman–Crippen MR) is 52.2 cm³/mol. The highest BCUT2D eigenvalue weighted by Crippen LogP contribution is 2.28. The van der Waals surface area contributed by atoms with Crippen LogP contribution in [0.15, 0.2) is 18.2 Å². The number of para-hydroxylation sites is 1. The Labute approximate surface area is 82.2 Å². The van der Waals surface area contributed by atoms with E-state index in [1.807, 2.05) is 6.92 Å². The first-order valence-corrected chi connectivity index (χ1v) is 4.41. The van der Waals surface area contributed by atoms with Crippen molar-refractivity contribution in [3.63, 3.8) is 0 Å². The van der Waals surface area contributed by atoms with Gasteiger partial charge in [0.15, 0.2) is 11.5 Å². The van der Waals surface area contributed by atoms with Crippen molar-refractivity contribution in [1.82, 2.24) is 5.32 Å². The zero-order valence-electron chi connectivity index (χ0n) is 7.95. The zero-order chi connectivity index (χ0) is 10.6. The summed E-state index contributed by atoms with van der Waals surface area (Å²) in [6, 6.07) is 4.56. The van der Waals surface area contributed by atoms with E-state index in [4.69, 9.17) is 5.11 Å². The molecule has 0 saturated heterocycles. The van der Waals surface area contributed by atoms with Gasteiger partial charge in [-0.2, -0.15) is 0 Å². The van der Waals surface area contributed by atoms with Crippen LogP contribution in [0.25, 0.3) is 0 Å². The van der Waals surface area contributed by atoms with E-state index < -0.39 is 0 Å². The van der Waals surface area contributed by atoms with Gasteiger partial charge in [-0.15, -0.1) is 0 Å². The van der Waals surface area contributed by atoms with Crippen molar-refractivity contribution in [3.05, 3.63) is 23.8 Å². The minimum atomic E-state index is -0.223. The molecule has 0 bridgehead atoms. The Hall–Kier alpha value is -1.71. The molecule has 1 aromatic carbocycles. The van der Waals surface area contributed by atoms with Crippen LogP contribution in [0.4, 0.5) is 0 Å². The molecule has 0 aliphatic carbocycles. The second kappa shape index (κ2) is 4.50. The highest BCUT2D eigenvalue weighted by Gasteiger charge is 2.09. The lowest BCUT2D eigenvalue weighted by molar-refractivity contribution is -0.120. The summed E-state index contributed by atoms with van der Waals surface area (Å²) in [6.45, 7) is 2.37. The van der Waals surface area contributed by atoms with Gasteiger partial charge in [-0.1, -0.05) is 12.1 Å². The van der Waals surface area contributed by atoms with Crippen LogP contribution in [0.1, 0.15) is 12.5 Å². The Morgan fingerprint density at radius 1 is 1.43 bits per heavy atom. The van der Waals surface area contributed by atoms with Gasteiger partial charge in [0.2, 0.25) is 5.91 Å². The minimum Gasteiger partial charge on any atom is -0.504 e. The summed E-state index contributed by atoms with van der Waals surface area (Å²) in [5.41, 5.74) is 0.427. The third kappa shape index (κ3) is 2.39. The Morgan fingerprint density at radius 3 is 2.79 bits per heavy atom. The third-order valence-corrected chi connectivity index (χ3v) is 1.82. The molecular weight excluding hydrogens is 182 g/mol. The lowest BCUT2D eigenvalue weighted by Crippen LogP contribution is -2.24. The number of amides is 1. The largest absolute Gasteiger partial charge is 0.504 e. The van der Waals surface area contributed by atoms with Crippen LogP contribution in [0.2, 0.25) is 0 Å². The highest BCUT2D eigenvalue weighted by molar-refractivity contribution is 5.79. The first kappa shape index (κ1) is 10.4. The summed E-state index contributed by atoms with van der Waals surface area (Å²) < 4.78 is 0. The number of hydrogen-bond donors (Lipinski definition) is 3. The average Bonchev–Trinajstić information content (AvgIpc) is 2.13. The molecular formula is C10H13NO3. The number of likely N-dealkylation sites (N-methyl/N-ethyl adjacent to an activating group) is 1. The van der Waals surface area contributed by atoms with E-state index in [1.54, 1.807) is 12.1 Å². The number of hydrogen-bond acceptors (Lipinski definition) is 3. The lowest BCUT2D eigenvalue weighted by Gasteiger charge is -2.05. The van der Waals surface area contributed by atoms with Gasteiger partial charge in [-0.05, 0) is 13.0 Å². The van der Waals surface area contributed by atoms with E-state index in [9.17, 15) is 9.90 Å². The average molecular weight is 195 g/mol. The fraction of sp³-hybridized carbons (Fsp3) is 0.300. The molecule has 3 N–H and O–H groups in total. The van der Waals surface area contributed by atoms with Gasteiger partial charge in [0.25, 0.3) is 0 Å². The molecule has 14 heavy (non-hydrogen) atoms. The van der Waals surface area contributed by atoms with Gasteiger partial charge in [-0.3, -0.25) is 4.79 Å². The molecule has 0 spiro atoms. The molecule has 0 aromatic heterocycles. The molecule has 0 fully saturated rings. The Kier molecular flexibility index (Phi) is 3.34. The summed E-state index contributed by atoms with van der Waals surface area (Å²) in [6.07, 6.45) is 0.0775. The van der Waals surface area contributed by atoms with Gasteiger partial charge in [0.1, 0.15) is 0 Å². The standard InChI is InChI=1S/C10H13NO3/c1-2-11-9(13)6-7-4-3-5-8(12)10(7)14/h3-5,12,14H,2,6H2,1H3,(H,11,13). The molecule has 0 saturated carbocycles. The Balaban J connectivity index is 2.76. The topological polar surface area (TPSA) is 69.6 Å². The van der Waals surface area contributed by atoms with E-state index in [2.05, 4.69) is 5.32 Å². The second-order valence-corrected chi connectivity index (χ2v) is 2.92. The van der Waals surface area contributed by atoms with E-state index >= 15 is 0 Å². The highest BCUT2D eigenvalue weighted by atomic mass is 16.3. The van der Waals surface area contributed by atoms with Crippen molar-refractivity contribution >= 4 is 5.91 Å². The van der Waals surface area contributed by atoms with Crippen LogP contribution < -0.4 is 5.32 Å². The van der Waals surface area contributed by atoms with Crippen molar-refractivity contribution in [1.29, 1.82) is 0 Å². The fourth-order valence-electron chi connectivity index (χ4n) is 1.15. The molecule has 76 valence electrons. The summed E-state index contributed by atoms with van der Waals surface area (Å²) in [4.78, 5) is 11.2. The van der Waals surface area contributed by atoms with Crippen LogP contribution >= 0.6 is 0 Å². The molecule has 4 nitrogen and oxygen atoms in total. The quantitative estimate of drug-likeness (QED) is 0.624. The van der Waals surface area contributed by atoms with Crippen molar-refractivity contribution in [2.24, 2.45) is 0 Å². The first-order valence-electron chi connectivity index (χ1n) is 4.41. The normalized spacial score (nSPS) is 9.79. The van der Waals surface area contributed by atoms with Crippen LogP contribution in [0.3, 0.4) is 0 Å². The predicted octanol–water partition coefficient (Wildman–Crippen LogP) is 0.776. The van der Waals surface area contributed by atoms with E-state index in [1.165, 1.54) is 6.07 Å². The number of benzene rings is 1. The van der Waals surface area contributed by atoms with Crippen molar-refractivity contribution in [3.8, 4) is 11.5 Å². The van der Waals surface area contributed by atoms with Gasteiger partial charge in [-0.25, -0.2) is 0 Å². The molecule has 0 unspecified atom stereocenters. The van der Waals surface area contributed by atoms with Gasteiger partial charge >= 0.3 is 0 Å². The molecule has 0 aliphatic heterocycles. The van der Waals surface area contributed by atoms with Crippen molar-refractivity contribution in [2.75, 3.05) is 6.54 Å². The van der Waals surface area contributed by atoms with Crippen molar-refractivity contribution in [2.45, 2.75) is 13.3 Å². The van der Waals surface area contributed by atoms with Crippen LogP contribution in [-0.2, 0) is 11.2 Å². The molecule has 0 radical (unpaired) electrons. The minimum absolute atomic E-state index is 0.0775. The number of phenolic OH excluding ortho intramolecular Hbond substituents is 2. The summed E-state index contributed by atoms with van der Waals surface area (Å²) in [5, 5.41) is 21.2. The molecule has 4 heteroatoms. The lowest BCUT2D eigenvalue weighted by atomic mass is 10.1. The van der Waals surface area contributed by atoms with Gasteiger partial charge in [0, 0.05) is 12.1 Å². The Morgan fingerprint density at radius 2 is 2.14 bits per heavy atom. The number of aromatic hydroxyl groups is 2. The number of carbonyl (C=O) groups is 1. The van der Waals surface area contributed by atoms with Gasteiger partial charge < -0.3 is 15.5 Å². The van der Waals surface area contributed by atoms with Gasteiger partial charge in [0.05, 0.1) is 6.42 Å². The first-order chi connectivity index (χ1) is 6.65. The number of nitrogens with one attached hydrogen (secondary N) is 1. The second-order valence-electron chi connectivity index (χ2n) is 2.92. The zero-order valence-corrected chi connectivity index (χ0v) is 7.95.